The molecule has 1 rings (SSSR count). The van der Waals surface area contributed by atoms with E-state index in [0.717, 1.165) is 4.47 Å². The van der Waals surface area contributed by atoms with Gasteiger partial charge in [0, 0.05) is 10.7 Å². The van der Waals surface area contributed by atoms with Gasteiger partial charge in [0.25, 0.3) is 0 Å². The fourth-order valence-electron chi connectivity index (χ4n) is 0.700. The van der Waals surface area contributed by atoms with Gasteiger partial charge < -0.3 is 10.8 Å². The molecule has 0 spiro atoms. The van der Waals surface area contributed by atoms with Gasteiger partial charge in [0.1, 0.15) is 0 Å². The Morgan fingerprint density at radius 3 is 2.67 bits per heavy atom. The maximum Gasteiger partial charge on any atom is 0.0704 e. The molecule has 0 aliphatic carbocycles. The van der Waals surface area contributed by atoms with E-state index in [1.54, 1.807) is 12.3 Å². The van der Waals surface area contributed by atoms with Gasteiger partial charge in [-0.25, -0.2) is 0 Å². The Labute approximate surface area is 85.5 Å². The Balaban J connectivity index is 0.00000121. The summed E-state index contributed by atoms with van der Waals surface area (Å²) >= 11 is 3.25. The van der Waals surface area contributed by atoms with Crippen molar-refractivity contribution < 1.29 is 5.11 Å². The Kier molecular flexibility index (Phi) is 5.41. The van der Waals surface area contributed by atoms with E-state index in [1.165, 1.54) is 0 Å². The van der Waals surface area contributed by atoms with Gasteiger partial charge in [0.2, 0.25) is 0 Å². The van der Waals surface area contributed by atoms with E-state index in [-0.39, 0.29) is 25.1 Å². The van der Waals surface area contributed by atoms with Crippen LogP contribution in [0.15, 0.2) is 22.8 Å². The number of aromatic nitrogens is 1. The Hall–Kier alpha value is -0.160. The number of aliphatic hydroxyl groups is 1. The summed E-state index contributed by atoms with van der Waals surface area (Å²) in [7, 11) is 0. The molecular weight excluding hydrogens is 243 g/mol. The molecule has 0 aliphatic rings. The number of pyridine rings is 1. The van der Waals surface area contributed by atoms with Crippen LogP contribution >= 0.6 is 28.3 Å². The molecule has 0 radical (unpaired) electrons. The van der Waals surface area contributed by atoms with Gasteiger partial charge in [0.15, 0.2) is 0 Å². The van der Waals surface area contributed by atoms with Gasteiger partial charge >= 0.3 is 0 Å². The standard InChI is InChI=1S/C7H9BrN2O.ClH/c8-5-1-2-7(10-3-5)6(9)4-11;/h1-3,6,11H,4,9H2;1H/t6-;/m0./s1. The molecule has 0 saturated carbocycles. The van der Waals surface area contributed by atoms with Crippen LogP contribution < -0.4 is 5.73 Å². The second-order valence-corrected chi connectivity index (χ2v) is 3.11. The summed E-state index contributed by atoms with van der Waals surface area (Å²) in [4.78, 5) is 4.02. The largest absolute Gasteiger partial charge is 0.394 e. The SMILES string of the molecule is Cl.N[C@@H](CO)c1ccc(Br)cn1. The highest BCUT2D eigenvalue weighted by molar-refractivity contribution is 9.10. The number of hydrogen-bond donors (Lipinski definition) is 2. The number of halogens is 2. The molecular formula is C7H10BrClN2O. The van der Waals surface area contributed by atoms with E-state index in [2.05, 4.69) is 20.9 Å². The van der Waals surface area contributed by atoms with Crippen LogP contribution in [-0.2, 0) is 0 Å². The highest BCUT2D eigenvalue weighted by Crippen LogP contribution is 2.11. The zero-order chi connectivity index (χ0) is 8.27. The van der Waals surface area contributed by atoms with E-state index >= 15 is 0 Å². The minimum absolute atomic E-state index is 0. The van der Waals surface area contributed by atoms with Crippen molar-refractivity contribution in [3.05, 3.63) is 28.5 Å². The third-order valence-electron chi connectivity index (χ3n) is 1.33. The van der Waals surface area contributed by atoms with E-state index in [1.807, 2.05) is 6.07 Å². The van der Waals surface area contributed by atoms with E-state index in [4.69, 9.17) is 10.8 Å². The molecule has 0 fully saturated rings. The number of rotatable bonds is 2. The second-order valence-electron chi connectivity index (χ2n) is 2.19. The molecule has 1 aromatic heterocycles. The maximum absolute atomic E-state index is 8.68. The lowest BCUT2D eigenvalue weighted by atomic mass is 10.2. The van der Waals surface area contributed by atoms with Crippen LogP contribution in [0.5, 0.6) is 0 Å². The first-order valence-corrected chi connectivity index (χ1v) is 4.01. The third kappa shape index (κ3) is 3.06. The van der Waals surface area contributed by atoms with Crippen LogP contribution in [0.4, 0.5) is 0 Å². The smallest absolute Gasteiger partial charge is 0.0704 e. The van der Waals surface area contributed by atoms with Crippen molar-refractivity contribution in [1.29, 1.82) is 0 Å². The monoisotopic (exact) mass is 252 g/mol. The van der Waals surface area contributed by atoms with Crippen molar-refractivity contribution in [1.82, 2.24) is 4.98 Å². The van der Waals surface area contributed by atoms with Crippen molar-refractivity contribution in [3.8, 4) is 0 Å². The normalized spacial score (nSPS) is 11.9. The summed E-state index contributed by atoms with van der Waals surface area (Å²) in [6.07, 6.45) is 1.66. The summed E-state index contributed by atoms with van der Waals surface area (Å²) in [5.41, 5.74) is 6.22. The van der Waals surface area contributed by atoms with Crippen molar-refractivity contribution >= 4 is 28.3 Å². The van der Waals surface area contributed by atoms with E-state index in [0.29, 0.717) is 5.69 Å². The minimum Gasteiger partial charge on any atom is -0.394 e. The first-order chi connectivity index (χ1) is 5.24. The molecule has 0 bridgehead atoms. The highest BCUT2D eigenvalue weighted by Gasteiger charge is 2.03. The second kappa shape index (κ2) is 5.48. The molecule has 0 amide bonds. The lowest BCUT2D eigenvalue weighted by Gasteiger charge is -2.05. The van der Waals surface area contributed by atoms with Gasteiger partial charge in [0.05, 0.1) is 18.3 Å². The molecule has 0 aliphatic heterocycles. The number of aliphatic hydroxyl groups excluding tert-OH is 1. The first-order valence-electron chi connectivity index (χ1n) is 3.22. The van der Waals surface area contributed by atoms with Crippen LogP contribution in [0.2, 0.25) is 0 Å². The zero-order valence-electron chi connectivity index (χ0n) is 6.27. The zero-order valence-corrected chi connectivity index (χ0v) is 8.68. The molecule has 3 N–H and O–H groups in total. The quantitative estimate of drug-likeness (QED) is 0.834. The van der Waals surface area contributed by atoms with Crippen molar-refractivity contribution in [3.63, 3.8) is 0 Å². The summed E-state index contributed by atoms with van der Waals surface area (Å²) < 4.78 is 0.909. The van der Waals surface area contributed by atoms with E-state index in [9.17, 15) is 0 Å². The minimum atomic E-state index is -0.372. The molecule has 12 heavy (non-hydrogen) atoms. The van der Waals surface area contributed by atoms with Gasteiger partial charge in [-0.3, -0.25) is 4.98 Å². The average molecular weight is 254 g/mol. The molecule has 0 unspecified atom stereocenters. The summed E-state index contributed by atoms with van der Waals surface area (Å²) in [6.45, 7) is -0.0748. The molecule has 0 aromatic carbocycles. The highest BCUT2D eigenvalue weighted by atomic mass is 79.9. The number of nitrogens with zero attached hydrogens (tertiary/aromatic N) is 1. The van der Waals surface area contributed by atoms with Crippen molar-refractivity contribution in [2.75, 3.05) is 6.61 Å². The summed E-state index contributed by atoms with van der Waals surface area (Å²) in [6, 6.07) is 3.26. The molecule has 1 aromatic rings. The average Bonchev–Trinajstić information content (AvgIpc) is 2.05. The number of hydrogen-bond acceptors (Lipinski definition) is 3. The van der Waals surface area contributed by atoms with Crippen LogP contribution in [0.25, 0.3) is 0 Å². The van der Waals surface area contributed by atoms with E-state index < -0.39 is 0 Å². The predicted molar refractivity (Wildman–Crippen MR) is 53.2 cm³/mol. The topological polar surface area (TPSA) is 59.1 Å². The molecule has 5 heteroatoms. The summed E-state index contributed by atoms with van der Waals surface area (Å²) in [5.74, 6) is 0. The Morgan fingerprint density at radius 1 is 1.58 bits per heavy atom. The van der Waals surface area contributed by atoms with Crippen LogP contribution in [0.3, 0.4) is 0 Å². The fraction of sp³-hybridized carbons (Fsp3) is 0.286. The van der Waals surface area contributed by atoms with Crippen molar-refractivity contribution in [2.45, 2.75) is 6.04 Å². The third-order valence-corrected chi connectivity index (χ3v) is 1.80. The molecule has 3 nitrogen and oxygen atoms in total. The Morgan fingerprint density at radius 2 is 2.25 bits per heavy atom. The van der Waals surface area contributed by atoms with Gasteiger partial charge in [-0.15, -0.1) is 12.4 Å². The van der Waals surface area contributed by atoms with Gasteiger partial charge in [-0.2, -0.15) is 0 Å². The summed E-state index contributed by atoms with van der Waals surface area (Å²) in [5, 5.41) is 8.68. The first kappa shape index (κ1) is 11.8. The Bertz CT molecular complexity index is 229. The lowest BCUT2D eigenvalue weighted by molar-refractivity contribution is 0.266. The predicted octanol–water partition coefficient (Wildman–Crippen LogP) is 1.26. The molecule has 68 valence electrons. The van der Waals surface area contributed by atoms with Crippen LogP contribution in [-0.4, -0.2) is 16.7 Å². The molecule has 0 saturated heterocycles. The molecule has 1 atom stereocenters. The maximum atomic E-state index is 8.68. The molecule has 1 heterocycles. The van der Waals surface area contributed by atoms with Crippen LogP contribution in [0.1, 0.15) is 11.7 Å². The van der Waals surface area contributed by atoms with Crippen LogP contribution in [0, 0.1) is 0 Å². The van der Waals surface area contributed by atoms with Gasteiger partial charge in [-0.1, -0.05) is 0 Å². The van der Waals surface area contributed by atoms with Gasteiger partial charge in [-0.05, 0) is 28.1 Å². The van der Waals surface area contributed by atoms with Crippen molar-refractivity contribution in [2.24, 2.45) is 5.73 Å². The number of nitrogens with two attached hydrogens (primary N) is 1. The fourth-order valence-corrected chi connectivity index (χ4v) is 0.935. The lowest BCUT2D eigenvalue weighted by Crippen LogP contribution is -2.15.